The average molecular weight is 364 g/mol. The van der Waals surface area contributed by atoms with Gasteiger partial charge in [-0.15, -0.1) is 0 Å². The van der Waals surface area contributed by atoms with Gasteiger partial charge in [0, 0.05) is 19.2 Å². The fourth-order valence-corrected chi connectivity index (χ4v) is 3.00. The molecular weight excluding hydrogens is 345 g/mol. The van der Waals surface area contributed by atoms with E-state index in [4.69, 9.17) is 21.1 Å². The zero-order chi connectivity index (χ0) is 17.8. The quantitative estimate of drug-likeness (QED) is 0.800. The maximum Gasteiger partial charge on any atom is 0.260 e. The molecule has 0 unspecified atom stereocenters. The van der Waals surface area contributed by atoms with Crippen LogP contribution in [0.25, 0.3) is 11.1 Å². The van der Waals surface area contributed by atoms with Crippen molar-refractivity contribution in [2.45, 2.75) is 12.8 Å². The Hall–Kier alpha value is -2.27. The highest BCUT2D eigenvalue weighted by atomic mass is 35.5. The van der Waals surface area contributed by atoms with Gasteiger partial charge in [0.25, 0.3) is 5.91 Å². The molecule has 0 radical (unpaired) electrons. The van der Waals surface area contributed by atoms with Gasteiger partial charge in [-0.3, -0.25) is 4.79 Å². The van der Waals surface area contributed by atoms with Crippen molar-refractivity contribution < 1.29 is 18.7 Å². The number of nitrogens with zero attached hydrogens (tertiary/aromatic N) is 1. The number of hydrogen-bond donors (Lipinski definition) is 0. The second-order valence-corrected chi connectivity index (χ2v) is 6.31. The number of rotatable bonds is 5. The molecule has 2 aromatic carbocycles. The number of amides is 1. The van der Waals surface area contributed by atoms with Crippen molar-refractivity contribution in [1.82, 2.24) is 4.90 Å². The Labute approximate surface area is 151 Å². The van der Waals surface area contributed by atoms with Gasteiger partial charge in [0.05, 0.1) is 12.1 Å². The first-order valence-electron chi connectivity index (χ1n) is 8.12. The normalized spacial score (nSPS) is 13.8. The van der Waals surface area contributed by atoms with Gasteiger partial charge in [0.2, 0.25) is 0 Å². The number of methoxy groups -OCH3 is 1. The second-order valence-electron chi connectivity index (χ2n) is 5.90. The Morgan fingerprint density at radius 3 is 2.52 bits per heavy atom. The van der Waals surface area contributed by atoms with E-state index in [2.05, 4.69) is 0 Å². The zero-order valence-corrected chi connectivity index (χ0v) is 14.7. The summed E-state index contributed by atoms with van der Waals surface area (Å²) in [5.74, 6) is 0.608. The lowest BCUT2D eigenvalue weighted by Gasteiger charge is -2.16. The molecule has 1 aliphatic heterocycles. The van der Waals surface area contributed by atoms with Crippen molar-refractivity contribution in [3.63, 3.8) is 0 Å². The van der Waals surface area contributed by atoms with Gasteiger partial charge in [-0.1, -0.05) is 17.7 Å². The number of hydrogen-bond acceptors (Lipinski definition) is 3. The van der Waals surface area contributed by atoms with E-state index in [1.54, 1.807) is 42.3 Å². The Morgan fingerprint density at radius 2 is 1.84 bits per heavy atom. The lowest BCUT2D eigenvalue weighted by molar-refractivity contribution is -0.132. The summed E-state index contributed by atoms with van der Waals surface area (Å²) in [6, 6.07) is 9.79. The molecule has 1 saturated heterocycles. The molecule has 0 aromatic heterocycles. The van der Waals surface area contributed by atoms with Gasteiger partial charge in [-0.2, -0.15) is 0 Å². The standard InChI is InChI=1S/C19H19ClFNO3/c1-24-15-8-14(13-4-5-18(21)17(20)10-13)9-16(11-15)25-12-19(23)22-6-2-3-7-22/h4-5,8-11H,2-3,6-7,12H2,1H3. The highest BCUT2D eigenvalue weighted by Crippen LogP contribution is 2.32. The average Bonchev–Trinajstić information content (AvgIpc) is 3.16. The van der Waals surface area contributed by atoms with Crippen molar-refractivity contribution in [1.29, 1.82) is 0 Å². The van der Waals surface area contributed by atoms with E-state index in [9.17, 15) is 9.18 Å². The van der Waals surface area contributed by atoms with Crippen LogP contribution in [0.5, 0.6) is 11.5 Å². The Morgan fingerprint density at radius 1 is 1.12 bits per heavy atom. The van der Waals surface area contributed by atoms with Gasteiger partial charge in [-0.05, 0) is 48.2 Å². The first-order valence-corrected chi connectivity index (χ1v) is 8.49. The van der Waals surface area contributed by atoms with Crippen LogP contribution in [0.2, 0.25) is 5.02 Å². The fraction of sp³-hybridized carbons (Fsp3) is 0.316. The lowest BCUT2D eigenvalue weighted by Crippen LogP contribution is -2.32. The largest absolute Gasteiger partial charge is 0.497 e. The van der Waals surface area contributed by atoms with Gasteiger partial charge < -0.3 is 14.4 Å². The van der Waals surface area contributed by atoms with Crippen molar-refractivity contribution >= 4 is 17.5 Å². The molecule has 0 aliphatic carbocycles. The third-order valence-corrected chi connectivity index (χ3v) is 4.48. The highest BCUT2D eigenvalue weighted by Gasteiger charge is 2.18. The van der Waals surface area contributed by atoms with E-state index in [1.165, 1.54) is 6.07 Å². The summed E-state index contributed by atoms with van der Waals surface area (Å²) in [6.07, 6.45) is 2.08. The summed E-state index contributed by atoms with van der Waals surface area (Å²) < 4.78 is 24.3. The van der Waals surface area contributed by atoms with Crippen LogP contribution in [0.15, 0.2) is 36.4 Å². The third kappa shape index (κ3) is 4.23. The van der Waals surface area contributed by atoms with Crippen LogP contribution in [0, 0.1) is 5.82 Å². The molecule has 0 bridgehead atoms. The molecule has 6 heteroatoms. The summed E-state index contributed by atoms with van der Waals surface area (Å²) in [5.41, 5.74) is 1.51. The predicted octanol–water partition coefficient (Wildman–Crippen LogP) is 4.16. The molecule has 0 atom stereocenters. The maximum absolute atomic E-state index is 13.4. The molecule has 1 amide bonds. The smallest absolute Gasteiger partial charge is 0.260 e. The molecule has 1 heterocycles. The molecule has 132 valence electrons. The van der Waals surface area contributed by atoms with Crippen molar-refractivity contribution in [3.8, 4) is 22.6 Å². The molecule has 3 rings (SSSR count). The topological polar surface area (TPSA) is 38.8 Å². The number of halogens is 2. The molecule has 4 nitrogen and oxygen atoms in total. The first kappa shape index (κ1) is 17.5. The van der Waals surface area contributed by atoms with Crippen molar-refractivity contribution in [2.75, 3.05) is 26.8 Å². The molecule has 25 heavy (non-hydrogen) atoms. The van der Waals surface area contributed by atoms with E-state index in [1.807, 2.05) is 0 Å². The molecule has 1 aliphatic rings. The maximum atomic E-state index is 13.4. The zero-order valence-electron chi connectivity index (χ0n) is 13.9. The summed E-state index contributed by atoms with van der Waals surface area (Å²) in [5, 5.41) is 0.0481. The first-order chi connectivity index (χ1) is 12.1. The predicted molar refractivity (Wildman–Crippen MR) is 94.7 cm³/mol. The van der Waals surface area contributed by atoms with E-state index in [0.29, 0.717) is 11.5 Å². The Bertz CT molecular complexity index is 775. The number of ether oxygens (including phenoxy) is 2. The minimum Gasteiger partial charge on any atom is -0.497 e. The van der Waals surface area contributed by atoms with Crippen LogP contribution < -0.4 is 9.47 Å². The van der Waals surface area contributed by atoms with Crippen LogP contribution in [0.3, 0.4) is 0 Å². The Kier molecular flexibility index (Phi) is 5.43. The number of likely N-dealkylation sites (tertiary alicyclic amines) is 1. The molecule has 0 saturated carbocycles. The SMILES string of the molecule is COc1cc(OCC(=O)N2CCCC2)cc(-c2ccc(F)c(Cl)c2)c1. The summed E-state index contributed by atoms with van der Waals surface area (Å²) in [6.45, 7) is 1.57. The van der Waals surface area contributed by atoms with Crippen LogP contribution in [0.1, 0.15) is 12.8 Å². The van der Waals surface area contributed by atoms with Crippen LogP contribution in [-0.4, -0.2) is 37.6 Å². The van der Waals surface area contributed by atoms with Crippen LogP contribution >= 0.6 is 11.6 Å². The molecule has 0 N–H and O–H groups in total. The number of carbonyl (C=O) groups is 1. The van der Waals surface area contributed by atoms with E-state index >= 15 is 0 Å². The summed E-state index contributed by atoms with van der Waals surface area (Å²) in [4.78, 5) is 13.9. The van der Waals surface area contributed by atoms with E-state index < -0.39 is 5.82 Å². The minimum atomic E-state index is -0.471. The van der Waals surface area contributed by atoms with Gasteiger partial charge >= 0.3 is 0 Å². The van der Waals surface area contributed by atoms with Crippen molar-refractivity contribution in [2.24, 2.45) is 0 Å². The molecule has 0 spiro atoms. The van der Waals surface area contributed by atoms with Gasteiger partial charge in [-0.25, -0.2) is 4.39 Å². The van der Waals surface area contributed by atoms with Gasteiger partial charge in [0.15, 0.2) is 6.61 Å². The lowest BCUT2D eigenvalue weighted by atomic mass is 10.0. The second kappa shape index (κ2) is 7.74. The van der Waals surface area contributed by atoms with Gasteiger partial charge in [0.1, 0.15) is 17.3 Å². The number of benzene rings is 2. The van der Waals surface area contributed by atoms with Crippen LogP contribution in [-0.2, 0) is 4.79 Å². The molecule has 2 aromatic rings. The van der Waals surface area contributed by atoms with E-state index in [0.717, 1.165) is 37.1 Å². The summed E-state index contributed by atoms with van der Waals surface area (Å²) in [7, 11) is 1.55. The van der Waals surface area contributed by atoms with Crippen LogP contribution in [0.4, 0.5) is 4.39 Å². The third-order valence-electron chi connectivity index (χ3n) is 4.19. The van der Waals surface area contributed by atoms with E-state index in [-0.39, 0.29) is 17.5 Å². The molecule has 1 fully saturated rings. The number of carbonyl (C=O) groups excluding carboxylic acids is 1. The monoisotopic (exact) mass is 363 g/mol. The Balaban J connectivity index is 1.79. The minimum absolute atomic E-state index is 0.0171. The van der Waals surface area contributed by atoms with Crippen molar-refractivity contribution in [3.05, 3.63) is 47.2 Å². The molecular formula is C19H19ClFNO3. The highest BCUT2D eigenvalue weighted by molar-refractivity contribution is 6.31. The summed E-state index contributed by atoms with van der Waals surface area (Å²) >= 11 is 5.86. The fourth-order valence-electron chi connectivity index (χ4n) is 2.82.